The molecule has 0 saturated carbocycles. The quantitative estimate of drug-likeness (QED) is 0.656. The van der Waals surface area contributed by atoms with Gasteiger partial charge < -0.3 is 4.74 Å². The molecule has 0 aliphatic heterocycles. The fourth-order valence-electron chi connectivity index (χ4n) is 1.16. The Balaban J connectivity index is 2.35. The van der Waals surface area contributed by atoms with Crippen LogP contribution in [0.1, 0.15) is 0 Å². The predicted octanol–water partition coefficient (Wildman–Crippen LogP) is 5.60. The van der Waals surface area contributed by atoms with Crippen molar-refractivity contribution in [3.05, 3.63) is 50.1 Å². The molecule has 88 valence electrons. The van der Waals surface area contributed by atoms with Crippen LogP contribution >= 0.6 is 50.7 Å². The number of hydrogen-bond acceptors (Lipinski definition) is 2. The maximum absolute atomic E-state index is 6.02. The minimum Gasteiger partial charge on any atom is -0.454 e. The van der Waals surface area contributed by atoms with Crippen LogP contribution in [0.3, 0.4) is 0 Å². The molecule has 0 fully saturated rings. The van der Waals surface area contributed by atoms with Crippen LogP contribution in [0.5, 0.6) is 11.5 Å². The van der Waals surface area contributed by atoms with E-state index < -0.39 is 0 Å². The van der Waals surface area contributed by atoms with Crippen molar-refractivity contribution in [1.82, 2.24) is 4.98 Å². The first-order valence-electron chi connectivity index (χ1n) is 4.51. The third-order valence-electron chi connectivity index (χ3n) is 1.93. The number of aromatic nitrogens is 1. The van der Waals surface area contributed by atoms with Crippen molar-refractivity contribution in [1.29, 1.82) is 0 Å². The molecule has 2 nitrogen and oxygen atoms in total. The Labute approximate surface area is 122 Å². The van der Waals surface area contributed by atoms with Crippen LogP contribution < -0.4 is 4.74 Å². The average Bonchev–Trinajstić information content (AvgIpc) is 2.28. The molecule has 0 aliphatic carbocycles. The summed E-state index contributed by atoms with van der Waals surface area (Å²) in [5, 5.41) is 0.925. The number of benzene rings is 1. The largest absolute Gasteiger partial charge is 0.454 e. The van der Waals surface area contributed by atoms with E-state index in [4.69, 9.17) is 39.5 Å². The molecule has 0 N–H and O–H groups in total. The number of ether oxygens (including phenoxy) is 1. The predicted molar refractivity (Wildman–Crippen MR) is 73.5 cm³/mol. The lowest BCUT2D eigenvalue weighted by Gasteiger charge is -2.09. The standard InChI is InChI=1S/C11H5BrCl3NO/c12-6-1-2-8(7(13)5-6)17-9-3-4-16-11(15)10(9)14/h1-5H. The molecule has 0 unspecified atom stereocenters. The van der Waals surface area contributed by atoms with Crippen molar-refractivity contribution in [3.63, 3.8) is 0 Å². The lowest BCUT2D eigenvalue weighted by atomic mass is 10.3. The maximum atomic E-state index is 6.02. The van der Waals surface area contributed by atoms with E-state index in [2.05, 4.69) is 20.9 Å². The highest BCUT2D eigenvalue weighted by Gasteiger charge is 2.10. The molecule has 2 rings (SSSR count). The molecule has 0 radical (unpaired) electrons. The summed E-state index contributed by atoms with van der Waals surface area (Å²) in [7, 11) is 0. The zero-order chi connectivity index (χ0) is 12.4. The van der Waals surface area contributed by atoms with Gasteiger partial charge in [-0.15, -0.1) is 0 Å². The molecule has 1 aromatic carbocycles. The summed E-state index contributed by atoms with van der Waals surface area (Å²) in [6, 6.07) is 6.90. The second kappa shape index (κ2) is 5.44. The van der Waals surface area contributed by atoms with Gasteiger partial charge in [-0.1, -0.05) is 50.7 Å². The molecule has 1 heterocycles. The van der Waals surface area contributed by atoms with E-state index in [-0.39, 0.29) is 10.2 Å². The normalized spacial score (nSPS) is 10.4. The van der Waals surface area contributed by atoms with Gasteiger partial charge in [-0.2, -0.15) is 0 Å². The zero-order valence-corrected chi connectivity index (χ0v) is 12.1. The molecule has 0 spiro atoms. The Hall–Kier alpha value is -0.480. The minimum absolute atomic E-state index is 0.192. The molecular weight excluding hydrogens is 348 g/mol. The molecule has 1 aromatic heterocycles. The second-order valence-electron chi connectivity index (χ2n) is 3.09. The number of pyridine rings is 1. The molecule has 0 bridgehead atoms. The highest BCUT2D eigenvalue weighted by Crippen LogP contribution is 2.36. The fourth-order valence-corrected chi connectivity index (χ4v) is 2.17. The summed E-state index contributed by atoms with van der Waals surface area (Å²) in [5.41, 5.74) is 0. The summed E-state index contributed by atoms with van der Waals surface area (Å²) in [6.07, 6.45) is 1.51. The SMILES string of the molecule is Clc1cc(Br)ccc1Oc1ccnc(Cl)c1Cl. The van der Waals surface area contributed by atoms with Gasteiger partial charge >= 0.3 is 0 Å². The number of halogens is 4. The summed E-state index contributed by atoms with van der Waals surface area (Å²) >= 11 is 21.1. The van der Waals surface area contributed by atoms with Gasteiger partial charge in [0, 0.05) is 16.7 Å². The molecule has 6 heteroatoms. The molecule has 0 amide bonds. The number of hydrogen-bond donors (Lipinski definition) is 0. The average molecular weight is 353 g/mol. The van der Waals surface area contributed by atoms with Crippen LogP contribution in [0.25, 0.3) is 0 Å². The van der Waals surface area contributed by atoms with E-state index >= 15 is 0 Å². The second-order valence-corrected chi connectivity index (χ2v) is 5.15. The van der Waals surface area contributed by atoms with E-state index in [1.807, 2.05) is 6.07 Å². The minimum atomic E-state index is 0.192. The smallest absolute Gasteiger partial charge is 0.151 e. The van der Waals surface area contributed by atoms with Gasteiger partial charge in [0.25, 0.3) is 0 Å². The van der Waals surface area contributed by atoms with Crippen LogP contribution in [-0.2, 0) is 0 Å². The van der Waals surface area contributed by atoms with Crippen LogP contribution in [-0.4, -0.2) is 4.98 Å². The Kier molecular flexibility index (Phi) is 4.15. The topological polar surface area (TPSA) is 22.1 Å². The summed E-state index contributed by atoms with van der Waals surface area (Å²) in [4.78, 5) is 3.83. The van der Waals surface area contributed by atoms with Gasteiger partial charge in [0.05, 0.1) is 5.02 Å². The summed E-state index contributed by atoms with van der Waals surface area (Å²) < 4.78 is 6.44. The van der Waals surface area contributed by atoms with Crippen molar-refractivity contribution in [2.24, 2.45) is 0 Å². The zero-order valence-electron chi connectivity index (χ0n) is 8.25. The highest BCUT2D eigenvalue weighted by molar-refractivity contribution is 9.10. The van der Waals surface area contributed by atoms with Gasteiger partial charge in [0.15, 0.2) is 10.9 Å². The molecule has 0 saturated heterocycles. The molecule has 0 aliphatic rings. The van der Waals surface area contributed by atoms with Crippen molar-refractivity contribution < 1.29 is 4.74 Å². The van der Waals surface area contributed by atoms with E-state index in [1.54, 1.807) is 18.2 Å². The summed E-state index contributed by atoms with van der Waals surface area (Å²) in [5.74, 6) is 0.912. The first kappa shape index (κ1) is 13.0. The van der Waals surface area contributed by atoms with Crippen LogP contribution in [0.15, 0.2) is 34.9 Å². The Morgan fingerprint density at radius 1 is 1.06 bits per heavy atom. The van der Waals surface area contributed by atoms with Crippen molar-refractivity contribution in [2.45, 2.75) is 0 Å². The van der Waals surface area contributed by atoms with Crippen molar-refractivity contribution in [3.8, 4) is 11.5 Å². The fraction of sp³-hybridized carbons (Fsp3) is 0. The Morgan fingerprint density at radius 3 is 2.53 bits per heavy atom. The summed E-state index contributed by atoms with van der Waals surface area (Å²) in [6.45, 7) is 0. The molecular formula is C11H5BrCl3NO. The third kappa shape index (κ3) is 3.05. The first-order valence-corrected chi connectivity index (χ1v) is 6.43. The van der Waals surface area contributed by atoms with Gasteiger partial charge in [-0.3, -0.25) is 0 Å². The van der Waals surface area contributed by atoms with Gasteiger partial charge in [-0.25, -0.2) is 4.98 Å². The van der Waals surface area contributed by atoms with E-state index in [0.29, 0.717) is 16.5 Å². The molecule has 0 atom stereocenters. The van der Waals surface area contributed by atoms with Gasteiger partial charge in [0.1, 0.15) is 10.8 Å². The highest BCUT2D eigenvalue weighted by atomic mass is 79.9. The van der Waals surface area contributed by atoms with E-state index in [0.717, 1.165) is 4.47 Å². The lowest BCUT2D eigenvalue weighted by molar-refractivity contribution is 0.482. The Morgan fingerprint density at radius 2 is 1.82 bits per heavy atom. The number of rotatable bonds is 2. The van der Waals surface area contributed by atoms with E-state index in [9.17, 15) is 0 Å². The molecule has 2 aromatic rings. The van der Waals surface area contributed by atoms with Gasteiger partial charge in [-0.05, 0) is 18.2 Å². The Bertz CT molecular complexity index is 562. The monoisotopic (exact) mass is 351 g/mol. The number of nitrogens with zero attached hydrogens (tertiary/aromatic N) is 1. The molecule has 17 heavy (non-hydrogen) atoms. The van der Waals surface area contributed by atoms with Crippen molar-refractivity contribution >= 4 is 50.7 Å². The van der Waals surface area contributed by atoms with Crippen molar-refractivity contribution in [2.75, 3.05) is 0 Å². The van der Waals surface area contributed by atoms with Crippen LogP contribution in [0.4, 0.5) is 0 Å². The third-order valence-corrected chi connectivity index (χ3v) is 3.46. The first-order chi connectivity index (χ1) is 8.08. The van der Waals surface area contributed by atoms with E-state index in [1.165, 1.54) is 6.20 Å². The van der Waals surface area contributed by atoms with Crippen LogP contribution in [0.2, 0.25) is 15.2 Å². The lowest BCUT2D eigenvalue weighted by Crippen LogP contribution is -1.88. The maximum Gasteiger partial charge on any atom is 0.151 e. The van der Waals surface area contributed by atoms with Gasteiger partial charge in [0.2, 0.25) is 0 Å². The van der Waals surface area contributed by atoms with Crippen LogP contribution in [0, 0.1) is 0 Å².